The molecule has 0 fully saturated rings. The molecule has 0 aliphatic rings. The molecule has 2 aromatic rings. The van der Waals surface area contributed by atoms with E-state index in [9.17, 15) is 9.59 Å². The lowest BCUT2D eigenvalue weighted by atomic mass is 10.1. The van der Waals surface area contributed by atoms with Crippen molar-refractivity contribution in [2.45, 2.75) is 6.92 Å². The third kappa shape index (κ3) is 4.94. The maximum atomic E-state index is 10.9. The second-order valence-electron chi connectivity index (χ2n) is 3.70. The standard InChI is InChI=1S/C9H8O3.C6H5Cl/c1-6(10)7-4-2-3-5-8(7)9(11)12;7-6-4-2-1-3-5-6/h2-5H,1H3,(H,11,12);1-5H. The Hall–Kier alpha value is -2.13. The summed E-state index contributed by atoms with van der Waals surface area (Å²) in [5, 5.41) is 9.46. The first kappa shape index (κ1) is 14.9. The van der Waals surface area contributed by atoms with Crippen LogP contribution in [0.3, 0.4) is 0 Å². The fourth-order valence-corrected chi connectivity index (χ4v) is 1.54. The van der Waals surface area contributed by atoms with Crippen molar-refractivity contribution in [1.29, 1.82) is 0 Å². The molecule has 0 amide bonds. The quantitative estimate of drug-likeness (QED) is 0.846. The van der Waals surface area contributed by atoms with Crippen LogP contribution in [0.25, 0.3) is 0 Å². The van der Waals surface area contributed by atoms with Gasteiger partial charge in [0.05, 0.1) is 5.56 Å². The average molecular weight is 277 g/mol. The van der Waals surface area contributed by atoms with E-state index in [2.05, 4.69) is 0 Å². The van der Waals surface area contributed by atoms with E-state index in [0.29, 0.717) is 0 Å². The highest BCUT2D eigenvalue weighted by Crippen LogP contribution is 2.08. The van der Waals surface area contributed by atoms with Gasteiger partial charge in [-0.1, -0.05) is 48.0 Å². The summed E-state index contributed by atoms with van der Waals surface area (Å²) in [6.07, 6.45) is 0. The van der Waals surface area contributed by atoms with Crippen molar-refractivity contribution in [3.8, 4) is 0 Å². The van der Waals surface area contributed by atoms with Crippen LogP contribution in [0.5, 0.6) is 0 Å². The van der Waals surface area contributed by atoms with Gasteiger partial charge in [-0.2, -0.15) is 0 Å². The average Bonchev–Trinajstić information content (AvgIpc) is 2.40. The molecule has 0 unspecified atom stereocenters. The number of rotatable bonds is 2. The molecule has 0 aliphatic carbocycles. The number of carbonyl (C=O) groups is 2. The predicted molar refractivity (Wildman–Crippen MR) is 74.9 cm³/mol. The summed E-state index contributed by atoms with van der Waals surface area (Å²) in [5.74, 6) is -1.30. The minimum absolute atomic E-state index is 0.0602. The van der Waals surface area contributed by atoms with Crippen LogP contribution in [0.1, 0.15) is 27.6 Å². The normalized spacial score (nSPS) is 9.16. The summed E-state index contributed by atoms with van der Waals surface area (Å²) in [5.41, 5.74) is 0.315. The maximum absolute atomic E-state index is 10.9. The Balaban J connectivity index is 0.000000218. The second kappa shape index (κ2) is 7.34. The molecule has 0 aliphatic heterocycles. The minimum Gasteiger partial charge on any atom is -0.478 e. The van der Waals surface area contributed by atoms with Crippen LogP contribution in [0.15, 0.2) is 54.6 Å². The smallest absolute Gasteiger partial charge is 0.336 e. The molecule has 2 aromatic carbocycles. The third-order valence-electron chi connectivity index (χ3n) is 2.27. The number of benzene rings is 2. The summed E-state index contributed by atoms with van der Waals surface area (Å²) >= 11 is 5.54. The molecule has 4 heteroatoms. The van der Waals surface area contributed by atoms with E-state index >= 15 is 0 Å². The molecular formula is C15H13ClO3. The van der Waals surface area contributed by atoms with Crippen molar-refractivity contribution in [3.05, 3.63) is 70.7 Å². The zero-order valence-corrected chi connectivity index (χ0v) is 11.1. The number of carboxylic acid groups (broad SMARTS) is 1. The monoisotopic (exact) mass is 276 g/mol. The van der Waals surface area contributed by atoms with Crippen LogP contribution in [0, 0.1) is 0 Å². The number of halogens is 1. The third-order valence-corrected chi connectivity index (χ3v) is 2.52. The lowest BCUT2D eigenvalue weighted by molar-refractivity contribution is 0.0692. The Kier molecular flexibility index (Phi) is 5.76. The van der Waals surface area contributed by atoms with Gasteiger partial charge in [-0.15, -0.1) is 0 Å². The van der Waals surface area contributed by atoms with Gasteiger partial charge < -0.3 is 5.11 Å². The fraction of sp³-hybridized carbons (Fsp3) is 0.0667. The van der Waals surface area contributed by atoms with Gasteiger partial charge in [0.1, 0.15) is 0 Å². The summed E-state index contributed by atoms with van der Waals surface area (Å²) < 4.78 is 0. The van der Waals surface area contributed by atoms with E-state index in [-0.39, 0.29) is 16.9 Å². The molecule has 0 spiro atoms. The Bertz CT molecular complexity index is 532. The molecule has 19 heavy (non-hydrogen) atoms. The molecule has 0 saturated carbocycles. The molecule has 0 radical (unpaired) electrons. The Morgan fingerprint density at radius 3 is 1.68 bits per heavy atom. The van der Waals surface area contributed by atoms with E-state index in [1.807, 2.05) is 30.3 Å². The summed E-state index contributed by atoms with van der Waals surface area (Å²) in [4.78, 5) is 21.5. The van der Waals surface area contributed by atoms with Gasteiger partial charge in [0.2, 0.25) is 0 Å². The summed E-state index contributed by atoms with van der Waals surface area (Å²) in [6, 6.07) is 15.6. The second-order valence-corrected chi connectivity index (χ2v) is 4.14. The first-order valence-corrected chi connectivity index (χ1v) is 5.94. The van der Waals surface area contributed by atoms with Crippen LogP contribution in [0.2, 0.25) is 5.02 Å². The molecule has 2 rings (SSSR count). The molecule has 1 N–H and O–H groups in total. The molecule has 98 valence electrons. The van der Waals surface area contributed by atoms with E-state index in [1.54, 1.807) is 12.1 Å². The SMILES string of the molecule is CC(=O)c1ccccc1C(=O)O.Clc1ccccc1. The van der Waals surface area contributed by atoms with Crippen LogP contribution >= 0.6 is 11.6 Å². The fourth-order valence-electron chi connectivity index (χ4n) is 1.39. The van der Waals surface area contributed by atoms with Gasteiger partial charge >= 0.3 is 5.97 Å². The zero-order chi connectivity index (χ0) is 14.3. The van der Waals surface area contributed by atoms with E-state index in [0.717, 1.165) is 5.02 Å². The molecule has 0 heterocycles. The summed E-state index contributed by atoms with van der Waals surface area (Å²) in [7, 11) is 0. The van der Waals surface area contributed by atoms with Crippen molar-refractivity contribution in [2.24, 2.45) is 0 Å². The van der Waals surface area contributed by atoms with Gasteiger partial charge in [-0.25, -0.2) is 4.79 Å². The predicted octanol–water partition coefficient (Wildman–Crippen LogP) is 3.93. The van der Waals surface area contributed by atoms with Crippen molar-refractivity contribution in [2.75, 3.05) is 0 Å². The highest BCUT2D eigenvalue weighted by Gasteiger charge is 2.11. The lowest BCUT2D eigenvalue weighted by Crippen LogP contribution is -2.05. The highest BCUT2D eigenvalue weighted by molar-refractivity contribution is 6.30. The first-order valence-electron chi connectivity index (χ1n) is 5.56. The maximum Gasteiger partial charge on any atom is 0.336 e. The van der Waals surface area contributed by atoms with Gasteiger partial charge in [-0.3, -0.25) is 4.79 Å². The molecular weight excluding hydrogens is 264 g/mol. The Labute approximate surface area is 116 Å². The van der Waals surface area contributed by atoms with Crippen LogP contribution < -0.4 is 0 Å². The van der Waals surface area contributed by atoms with Crippen LogP contribution in [0.4, 0.5) is 0 Å². The molecule has 0 bridgehead atoms. The van der Waals surface area contributed by atoms with Gasteiger partial charge in [0.15, 0.2) is 5.78 Å². The highest BCUT2D eigenvalue weighted by atomic mass is 35.5. The molecule has 0 aromatic heterocycles. The van der Waals surface area contributed by atoms with Crippen molar-refractivity contribution >= 4 is 23.4 Å². The Morgan fingerprint density at radius 2 is 1.37 bits per heavy atom. The van der Waals surface area contributed by atoms with E-state index in [1.165, 1.54) is 19.1 Å². The van der Waals surface area contributed by atoms with Gasteiger partial charge in [0, 0.05) is 10.6 Å². The summed E-state index contributed by atoms with van der Waals surface area (Å²) in [6.45, 7) is 1.35. The van der Waals surface area contributed by atoms with Crippen LogP contribution in [-0.2, 0) is 0 Å². The van der Waals surface area contributed by atoms with Crippen molar-refractivity contribution in [1.82, 2.24) is 0 Å². The molecule has 3 nitrogen and oxygen atoms in total. The number of Topliss-reactive ketones (excluding diaryl/α,β-unsaturated/α-hetero) is 1. The lowest BCUT2D eigenvalue weighted by Gasteiger charge is -1.99. The number of carboxylic acids is 1. The topological polar surface area (TPSA) is 54.4 Å². The molecule has 0 saturated heterocycles. The number of hydrogen-bond acceptors (Lipinski definition) is 2. The van der Waals surface area contributed by atoms with E-state index < -0.39 is 5.97 Å². The molecule has 0 atom stereocenters. The largest absolute Gasteiger partial charge is 0.478 e. The van der Waals surface area contributed by atoms with Crippen LogP contribution in [-0.4, -0.2) is 16.9 Å². The van der Waals surface area contributed by atoms with Crippen molar-refractivity contribution < 1.29 is 14.7 Å². The zero-order valence-electron chi connectivity index (χ0n) is 10.3. The number of aromatic carboxylic acids is 1. The van der Waals surface area contributed by atoms with Crippen molar-refractivity contribution in [3.63, 3.8) is 0 Å². The first-order chi connectivity index (χ1) is 9.02. The Morgan fingerprint density at radius 1 is 0.895 bits per heavy atom. The number of carbonyl (C=O) groups excluding carboxylic acids is 1. The van der Waals surface area contributed by atoms with E-state index in [4.69, 9.17) is 16.7 Å². The number of ketones is 1. The minimum atomic E-state index is -1.07. The number of hydrogen-bond donors (Lipinski definition) is 1. The van der Waals surface area contributed by atoms with Gasteiger partial charge in [-0.05, 0) is 25.1 Å². The van der Waals surface area contributed by atoms with Gasteiger partial charge in [0.25, 0.3) is 0 Å².